The van der Waals surface area contributed by atoms with E-state index in [1.165, 1.54) is 12.3 Å². The van der Waals surface area contributed by atoms with Crippen molar-refractivity contribution < 1.29 is 9.60 Å². The smallest absolute Gasteiger partial charge is 0.156 e. The Hall–Kier alpha value is -1.69. The van der Waals surface area contributed by atoms with Gasteiger partial charge < -0.3 is 10.9 Å². The fraction of sp³-hybridized carbons (Fsp3) is 0.500. The van der Waals surface area contributed by atoms with E-state index in [2.05, 4.69) is 15.0 Å². The van der Waals surface area contributed by atoms with Gasteiger partial charge in [-0.05, 0) is 31.0 Å². The third-order valence-electron chi connectivity index (χ3n) is 3.22. The fourth-order valence-electron chi connectivity index (χ4n) is 2.36. The second-order valence-corrected chi connectivity index (χ2v) is 4.52. The van der Waals surface area contributed by atoms with Gasteiger partial charge in [0.25, 0.3) is 0 Å². The molecule has 0 aromatic carbocycles. The number of aromatic nitrogens is 1. The number of halogens is 1. The molecule has 0 amide bonds. The van der Waals surface area contributed by atoms with Crippen molar-refractivity contribution in [1.82, 2.24) is 9.88 Å². The van der Waals surface area contributed by atoms with Gasteiger partial charge in [-0.1, -0.05) is 11.6 Å². The molecule has 3 N–H and O–H groups in total. The molecule has 1 atom stereocenters. The molecule has 0 bridgehead atoms. The highest BCUT2D eigenvalue weighted by Gasteiger charge is 2.26. The average molecular weight is 252 g/mol. The summed E-state index contributed by atoms with van der Waals surface area (Å²) in [6.07, 6.45) is 5.80. The van der Waals surface area contributed by atoms with Gasteiger partial charge in [0.2, 0.25) is 0 Å². The number of rotatable bonds is 3. The summed E-state index contributed by atoms with van der Waals surface area (Å²) in [5, 5.41) is 11.9. The van der Waals surface area contributed by atoms with Gasteiger partial charge in [0.1, 0.15) is 5.82 Å². The highest BCUT2D eigenvalue weighted by atomic mass is 19.1. The van der Waals surface area contributed by atoms with E-state index in [0.29, 0.717) is 6.54 Å². The molecule has 0 radical (unpaired) electrons. The summed E-state index contributed by atoms with van der Waals surface area (Å²) in [7, 11) is 0. The minimum Gasteiger partial charge on any atom is -0.409 e. The van der Waals surface area contributed by atoms with Gasteiger partial charge in [0, 0.05) is 12.7 Å². The molecule has 5 nitrogen and oxygen atoms in total. The summed E-state index contributed by atoms with van der Waals surface area (Å²) < 4.78 is 13.1. The Morgan fingerprint density at radius 2 is 2.39 bits per heavy atom. The van der Waals surface area contributed by atoms with Gasteiger partial charge in [-0.15, -0.1) is 0 Å². The lowest BCUT2D eigenvalue weighted by Crippen LogP contribution is -2.47. The highest BCUT2D eigenvalue weighted by Crippen LogP contribution is 2.19. The van der Waals surface area contributed by atoms with Crippen LogP contribution in [0, 0.1) is 5.82 Å². The zero-order valence-electron chi connectivity index (χ0n) is 10.1. The van der Waals surface area contributed by atoms with Crippen molar-refractivity contribution in [1.29, 1.82) is 0 Å². The molecule has 1 saturated heterocycles. The van der Waals surface area contributed by atoms with E-state index >= 15 is 0 Å². The predicted octanol–water partition coefficient (Wildman–Crippen LogP) is 1.32. The minimum atomic E-state index is -0.343. The van der Waals surface area contributed by atoms with Crippen molar-refractivity contribution in [2.45, 2.75) is 31.8 Å². The standard InChI is InChI=1S/C12H17FN4O/c13-10-5-9(6-15-7-10)8-17-4-2-1-3-11(17)12(14)16-18/h5-7,11,18H,1-4,8H2,(H2,14,16). The van der Waals surface area contributed by atoms with Crippen LogP contribution in [0.4, 0.5) is 4.39 Å². The first-order valence-electron chi connectivity index (χ1n) is 6.01. The van der Waals surface area contributed by atoms with Gasteiger partial charge in [-0.25, -0.2) is 4.39 Å². The van der Waals surface area contributed by atoms with E-state index in [9.17, 15) is 4.39 Å². The Balaban J connectivity index is 2.10. The summed E-state index contributed by atoms with van der Waals surface area (Å²) in [6, 6.07) is 1.39. The van der Waals surface area contributed by atoms with Crippen molar-refractivity contribution >= 4 is 5.84 Å². The molecule has 2 rings (SSSR count). The second kappa shape index (κ2) is 5.77. The molecule has 1 unspecified atom stereocenters. The molecule has 1 aromatic rings. The van der Waals surface area contributed by atoms with Crippen LogP contribution in [0.15, 0.2) is 23.6 Å². The Morgan fingerprint density at radius 3 is 3.11 bits per heavy atom. The van der Waals surface area contributed by atoms with Crippen LogP contribution in [0.2, 0.25) is 0 Å². The van der Waals surface area contributed by atoms with Gasteiger partial charge >= 0.3 is 0 Å². The van der Waals surface area contributed by atoms with Crippen LogP contribution in [0.25, 0.3) is 0 Å². The summed E-state index contributed by atoms with van der Waals surface area (Å²) >= 11 is 0. The number of oxime groups is 1. The molecule has 1 aliphatic rings. The quantitative estimate of drug-likeness (QED) is 0.368. The van der Waals surface area contributed by atoms with E-state index < -0.39 is 0 Å². The third-order valence-corrected chi connectivity index (χ3v) is 3.22. The highest BCUT2D eigenvalue weighted by molar-refractivity contribution is 5.85. The lowest BCUT2D eigenvalue weighted by Gasteiger charge is -2.34. The Kier molecular flexibility index (Phi) is 4.09. The first kappa shape index (κ1) is 12.8. The predicted molar refractivity (Wildman–Crippen MR) is 65.7 cm³/mol. The Morgan fingerprint density at radius 1 is 1.56 bits per heavy atom. The molecule has 2 heterocycles. The summed E-state index contributed by atoms with van der Waals surface area (Å²) in [6.45, 7) is 1.42. The third kappa shape index (κ3) is 2.95. The van der Waals surface area contributed by atoms with Crippen molar-refractivity contribution in [2.75, 3.05) is 6.54 Å². The largest absolute Gasteiger partial charge is 0.409 e. The Bertz CT molecular complexity index is 438. The molecule has 0 saturated carbocycles. The number of likely N-dealkylation sites (tertiary alicyclic amines) is 1. The molecule has 1 fully saturated rings. The number of nitrogens with zero attached hydrogens (tertiary/aromatic N) is 3. The van der Waals surface area contributed by atoms with Crippen LogP contribution in [-0.4, -0.2) is 33.5 Å². The maximum atomic E-state index is 13.1. The summed E-state index contributed by atoms with van der Waals surface area (Å²) in [4.78, 5) is 5.92. The zero-order valence-corrected chi connectivity index (χ0v) is 10.1. The fourth-order valence-corrected chi connectivity index (χ4v) is 2.36. The van der Waals surface area contributed by atoms with Gasteiger partial charge in [-0.3, -0.25) is 9.88 Å². The molecule has 1 aromatic heterocycles. The molecule has 18 heavy (non-hydrogen) atoms. The second-order valence-electron chi connectivity index (χ2n) is 4.52. The van der Waals surface area contributed by atoms with Crippen LogP contribution in [0.5, 0.6) is 0 Å². The summed E-state index contributed by atoms with van der Waals surface area (Å²) in [5.41, 5.74) is 6.49. The van der Waals surface area contributed by atoms with Gasteiger partial charge in [0.05, 0.1) is 12.2 Å². The van der Waals surface area contributed by atoms with E-state index in [0.717, 1.165) is 31.4 Å². The number of piperidine rings is 1. The molecular weight excluding hydrogens is 235 g/mol. The van der Waals surface area contributed by atoms with Crippen LogP contribution < -0.4 is 5.73 Å². The first-order valence-corrected chi connectivity index (χ1v) is 6.01. The maximum Gasteiger partial charge on any atom is 0.156 e. The number of hydrogen-bond acceptors (Lipinski definition) is 4. The number of nitrogens with two attached hydrogens (primary N) is 1. The van der Waals surface area contributed by atoms with Crippen LogP contribution in [0.1, 0.15) is 24.8 Å². The van der Waals surface area contributed by atoms with Crippen LogP contribution >= 0.6 is 0 Å². The first-order chi connectivity index (χ1) is 8.70. The lowest BCUT2D eigenvalue weighted by molar-refractivity contribution is 0.178. The molecule has 0 aliphatic carbocycles. The minimum absolute atomic E-state index is 0.0768. The molecule has 0 spiro atoms. The van der Waals surface area contributed by atoms with Crippen LogP contribution in [0.3, 0.4) is 0 Å². The van der Waals surface area contributed by atoms with E-state index in [1.54, 1.807) is 6.20 Å². The molecule has 1 aliphatic heterocycles. The number of hydrogen-bond donors (Lipinski definition) is 2. The average Bonchev–Trinajstić information content (AvgIpc) is 2.38. The lowest BCUT2D eigenvalue weighted by atomic mass is 10.0. The topological polar surface area (TPSA) is 74.7 Å². The number of amidine groups is 1. The molecule has 98 valence electrons. The van der Waals surface area contributed by atoms with Crippen LogP contribution in [-0.2, 0) is 6.54 Å². The monoisotopic (exact) mass is 252 g/mol. The number of pyridine rings is 1. The normalized spacial score (nSPS) is 22.1. The van der Waals surface area contributed by atoms with Crippen molar-refractivity contribution in [2.24, 2.45) is 10.9 Å². The maximum absolute atomic E-state index is 13.1. The molecular formula is C12H17FN4O. The van der Waals surface area contributed by atoms with E-state index in [1.807, 2.05) is 0 Å². The van der Waals surface area contributed by atoms with Gasteiger partial charge in [-0.2, -0.15) is 0 Å². The summed E-state index contributed by atoms with van der Waals surface area (Å²) in [5.74, 6) is -0.121. The van der Waals surface area contributed by atoms with Crippen molar-refractivity contribution in [3.05, 3.63) is 29.8 Å². The SMILES string of the molecule is N/C(=N/O)C1CCCCN1Cc1cncc(F)c1. The van der Waals surface area contributed by atoms with Gasteiger partial charge in [0.15, 0.2) is 5.84 Å². The molecule has 6 heteroatoms. The Labute approximate surface area is 105 Å². The van der Waals surface area contributed by atoms with Crippen molar-refractivity contribution in [3.63, 3.8) is 0 Å². The zero-order chi connectivity index (χ0) is 13.0. The van der Waals surface area contributed by atoms with E-state index in [4.69, 9.17) is 10.9 Å². The van der Waals surface area contributed by atoms with Crippen molar-refractivity contribution in [3.8, 4) is 0 Å². The van der Waals surface area contributed by atoms with E-state index in [-0.39, 0.29) is 17.7 Å².